The first-order chi connectivity index (χ1) is 7.59. The Hall–Kier alpha value is -1.14. The highest BCUT2D eigenvalue weighted by Crippen LogP contribution is 2.05. The first kappa shape index (κ1) is 12.9. The largest absolute Gasteiger partial charge is 0.370 e. The Labute approximate surface area is 95.3 Å². The summed E-state index contributed by atoms with van der Waals surface area (Å²) < 4.78 is 0. The number of hydrogen-bond donors (Lipinski definition) is 3. The number of nitrogens with zero attached hydrogens (tertiary/aromatic N) is 1. The molecule has 1 saturated heterocycles. The molecule has 0 aliphatic carbocycles. The van der Waals surface area contributed by atoms with Crippen LogP contribution in [0, 0.1) is 0 Å². The summed E-state index contributed by atoms with van der Waals surface area (Å²) in [5.74, 6) is -0.861. The van der Waals surface area contributed by atoms with Crippen LogP contribution in [0.4, 0.5) is 0 Å². The van der Waals surface area contributed by atoms with Gasteiger partial charge in [0.2, 0.25) is 11.8 Å². The van der Waals surface area contributed by atoms with E-state index in [9.17, 15) is 9.59 Å². The molecule has 6 nitrogen and oxygen atoms in total. The van der Waals surface area contributed by atoms with E-state index in [1.165, 1.54) is 12.8 Å². The SMILES string of the molecule is NC(=O)CC(N)C(=O)NCCN1CCCC1. The van der Waals surface area contributed by atoms with E-state index in [1.807, 2.05) is 0 Å². The molecule has 0 saturated carbocycles. The minimum atomic E-state index is -0.823. The van der Waals surface area contributed by atoms with Crippen LogP contribution in [-0.4, -0.2) is 48.9 Å². The van der Waals surface area contributed by atoms with Gasteiger partial charge in [0, 0.05) is 13.1 Å². The Bertz CT molecular complexity index is 251. The molecule has 1 rings (SSSR count). The maximum absolute atomic E-state index is 11.4. The molecular formula is C10H20N4O2. The zero-order valence-electron chi connectivity index (χ0n) is 9.45. The highest BCUT2D eigenvalue weighted by atomic mass is 16.2. The van der Waals surface area contributed by atoms with E-state index in [0.717, 1.165) is 19.6 Å². The fraction of sp³-hybridized carbons (Fsp3) is 0.800. The van der Waals surface area contributed by atoms with Gasteiger partial charge in [-0.15, -0.1) is 0 Å². The molecule has 0 radical (unpaired) electrons. The summed E-state index contributed by atoms with van der Waals surface area (Å²) >= 11 is 0. The van der Waals surface area contributed by atoms with E-state index in [2.05, 4.69) is 10.2 Å². The molecular weight excluding hydrogens is 208 g/mol. The molecule has 0 aromatic heterocycles. The van der Waals surface area contributed by atoms with E-state index < -0.39 is 11.9 Å². The normalized spacial score (nSPS) is 18.3. The Morgan fingerprint density at radius 2 is 1.94 bits per heavy atom. The third-order valence-electron chi connectivity index (χ3n) is 2.68. The van der Waals surface area contributed by atoms with Crippen molar-refractivity contribution < 1.29 is 9.59 Å². The van der Waals surface area contributed by atoms with Gasteiger partial charge >= 0.3 is 0 Å². The average Bonchev–Trinajstić information content (AvgIpc) is 2.69. The van der Waals surface area contributed by atoms with Crippen molar-refractivity contribution in [2.75, 3.05) is 26.2 Å². The van der Waals surface area contributed by atoms with Crippen LogP contribution in [0.2, 0.25) is 0 Å². The molecule has 1 heterocycles. The van der Waals surface area contributed by atoms with E-state index in [0.29, 0.717) is 6.54 Å². The first-order valence-electron chi connectivity index (χ1n) is 5.63. The molecule has 6 heteroatoms. The van der Waals surface area contributed by atoms with Crippen LogP contribution in [0.1, 0.15) is 19.3 Å². The predicted molar refractivity (Wildman–Crippen MR) is 60.5 cm³/mol. The molecule has 1 aliphatic rings. The quantitative estimate of drug-likeness (QED) is 0.509. The van der Waals surface area contributed by atoms with Crippen LogP contribution in [0.25, 0.3) is 0 Å². The van der Waals surface area contributed by atoms with Crippen molar-refractivity contribution >= 4 is 11.8 Å². The Balaban J connectivity index is 2.11. The minimum absolute atomic E-state index is 0.102. The van der Waals surface area contributed by atoms with Crippen molar-refractivity contribution in [2.24, 2.45) is 11.5 Å². The maximum Gasteiger partial charge on any atom is 0.237 e. The van der Waals surface area contributed by atoms with Gasteiger partial charge in [-0.1, -0.05) is 0 Å². The highest BCUT2D eigenvalue weighted by molar-refractivity contribution is 5.87. The van der Waals surface area contributed by atoms with Crippen molar-refractivity contribution in [1.82, 2.24) is 10.2 Å². The maximum atomic E-state index is 11.4. The third kappa shape index (κ3) is 4.59. The molecule has 16 heavy (non-hydrogen) atoms. The topological polar surface area (TPSA) is 101 Å². The number of carbonyl (C=O) groups excluding carboxylic acids is 2. The third-order valence-corrected chi connectivity index (χ3v) is 2.68. The fourth-order valence-corrected chi connectivity index (χ4v) is 1.78. The Morgan fingerprint density at radius 1 is 1.31 bits per heavy atom. The molecule has 92 valence electrons. The molecule has 0 aromatic rings. The summed E-state index contributed by atoms with van der Waals surface area (Å²) in [6.45, 7) is 3.62. The lowest BCUT2D eigenvalue weighted by atomic mass is 10.2. The van der Waals surface area contributed by atoms with Crippen LogP contribution >= 0.6 is 0 Å². The van der Waals surface area contributed by atoms with Crippen LogP contribution in [-0.2, 0) is 9.59 Å². The van der Waals surface area contributed by atoms with Crippen molar-refractivity contribution in [3.05, 3.63) is 0 Å². The van der Waals surface area contributed by atoms with Gasteiger partial charge in [0.15, 0.2) is 0 Å². The molecule has 1 atom stereocenters. The molecule has 0 spiro atoms. The van der Waals surface area contributed by atoms with Crippen LogP contribution in [0.5, 0.6) is 0 Å². The number of hydrogen-bond acceptors (Lipinski definition) is 4. The monoisotopic (exact) mass is 228 g/mol. The summed E-state index contributed by atoms with van der Waals surface area (Å²) in [5.41, 5.74) is 10.4. The number of carbonyl (C=O) groups is 2. The molecule has 1 aliphatic heterocycles. The predicted octanol–water partition coefficient (Wildman–Crippen LogP) is -1.60. The smallest absolute Gasteiger partial charge is 0.237 e. The van der Waals surface area contributed by atoms with Gasteiger partial charge in [-0.3, -0.25) is 9.59 Å². The molecule has 0 bridgehead atoms. The number of likely N-dealkylation sites (tertiary alicyclic amines) is 1. The number of nitrogens with one attached hydrogen (secondary N) is 1. The van der Waals surface area contributed by atoms with Crippen molar-refractivity contribution in [3.8, 4) is 0 Å². The second-order valence-electron chi connectivity index (χ2n) is 4.12. The van der Waals surface area contributed by atoms with Crippen molar-refractivity contribution in [3.63, 3.8) is 0 Å². The molecule has 1 fully saturated rings. The zero-order valence-corrected chi connectivity index (χ0v) is 9.45. The number of primary amides is 1. The van der Waals surface area contributed by atoms with E-state index in [1.54, 1.807) is 0 Å². The van der Waals surface area contributed by atoms with E-state index in [4.69, 9.17) is 11.5 Å². The van der Waals surface area contributed by atoms with Gasteiger partial charge in [0.1, 0.15) is 0 Å². The molecule has 2 amide bonds. The van der Waals surface area contributed by atoms with Crippen molar-refractivity contribution in [2.45, 2.75) is 25.3 Å². The highest BCUT2D eigenvalue weighted by Gasteiger charge is 2.16. The summed E-state index contributed by atoms with van der Waals surface area (Å²) in [6.07, 6.45) is 2.36. The van der Waals surface area contributed by atoms with Crippen molar-refractivity contribution in [1.29, 1.82) is 0 Å². The Kier molecular flexibility index (Phi) is 5.21. The van der Waals surface area contributed by atoms with Gasteiger partial charge in [-0.05, 0) is 25.9 Å². The summed E-state index contributed by atoms with van der Waals surface area (Å²) in [4.78, 5) is 24.2. The lowest BCUT2D eigenvalue weighted by Crippen LogP contribution is -2.45. The van der Waals surface area contributed by atoms with Gasteiger partial charge in [-0.25, -0.2) is 0 Å². The fourth-order valence-electron chi connectivity index (χ4n) is 1.78. The van der Waals surface area contributed by atoms with Gasteiger partial charge in [0.05, 0.1) is 12.5 Å². The number of nitrogens with two attached hydrogens (primary N) is 2. The minimum Gasteiger partial charge on any atom is -0.370 e. The molecule has 1 unspecified atom stereocenters. The molecule has 5 N–H and O–H groups in total. The lowest BCUT2D eigenvalue weighted by molar-refractivity contribution is -0.126. The summed E-state index contributed by atoms with van der Waals surface area (Å²) in [7, 11) is 0. The summed E-state index contributed by atoms with van der Waals surface area (Å²) in [5, 5.41) is 2.70. The summed E-state index contributed by atoms with van der Waals surface area (Å²) in [6, 6.07) is -0.823. The van der Waals surface area contributed by atoms with Crippen LogP contribution in [0.15, 0.2) is 0 Å². The Morgan fingerprint density at radius 3 is 2.50 bits per heavy atom. The standard InChI is InChI=1S/C10H20N4O2/c11-8(7-9(12)15)10(16)13-3-6-14-4-1-2-5-14/h8H,1-7,11H2,(H2,12,15)(H,13,16). The van der Waals surface area contributed by atoms with Gasteiger partial charge < -0.3 is 21.7 Å². The van der Waals surface area contributed by atoms with Gasteiger partial charge in [0.25, 0.3) is 0 Å². The van der Waals surface area contributed by atoms with Gasteiger partial charge in [-0.2, -0.15) is 0 Å². The average molecular weight is 228 g/mol. The van der Waals surface area contributed by atoms with E-state index in [-0.39, 0.29) is 12.3 Å². The number of rotatable bonds is 6. The lowest BCUT2D eigenvalue weighted by Gasteiger charge is -2.16. The number of amides is 2. The molecule has 0 aromatic carbocycles. The van der Waals surface area contributed by atoms with Crippen LogP contribution < -0.4 is 16.8 Å². The van der Waals surface area contributed by atoms with E-state index >= 15 is 0 Å². The first-order valence-corrected chi connectivity index (χ1v) is 5.63. The second-order valence-corrected chi connectivity index (χ2v) is 4.12. The van der Waals surface area contributed by atoms with Crippen LogP contribution in [0.3, 0.4) is 0 Å². The second kappa shape index (κ2) is 6.44. The zero-order chi connectivity index (χ0) is 12.0.